The summed E-state index contributed by atoms with van der Waals surface area (Å²) in [5, 5.41) is 8.11. The number of H-pyrrole nitrogens is 1. The molecule has 21 heavy (non-hydrogen) atoms. The van der Waals surface area contributed by atoms with E-state index in [1.54, 1.807) is 11.3 Å². The predicted molar refractivity (Wildman–Crippen MR) is 89.7 cm³/mol. The van der Waals surface area contributed by atoms with E-state index in [1.165, 1.54) is 15.3 Å². The third-order valence-corrected chi connectivity index (χ3v) is 5.23. The SMILES string of the molecule is Clc1ccccc1-c1cn[nH]c1-c1cc2c(s1)C=CCC2. The lowest BCUT2D eigenvalue weighted by atomic mass is 10.0. The third-order valence-electron chi connectivity index (χ3n) is 3.74. The normalized spacial score (nSPS) is 13.4. The lowest BCUT2D eigenvalue weighted by Gasteiger charge is -2.03. The van der Waals surface area contributed by atoms with Gasteiger partial charge in [-0.15, -0.1) is 11.3 Å². The number of hydrogen-bond acceptors (Lipinski definition) is 2. The number of nitrogens with zero attached hydrogens (tertiary/aromatic N) is 1. The Hall–Kier alpha value is -1.84. The molecular weight excluding hydrogens is 300 g/mol. The highest BCUT2D eigenvalue weighted by Gasteiger charge is 2.17. The van der Waals surface area contributed by atoms with Gasteiger partial charge in [0.05, 0.1) is 16.8 Å². The predicted octanol–water partition coefficient (Wildman–Crippen LogP) is 5.42. The highest BCUT2D eigenvalue weighted by molar-refractivity contribution is 7.16. The number of fused-ring (bicyclic) bond motifs is 1. The zero-order valence-corrected chi connectivity index (χ0v) is 12.8. The molecule has 1 N–H and O–H groups in total. The number of hydrogen-bond donors (Lipinski definition) is 1. The van der Waals surface area contributed by atoms with Crippen LogP contribution in [0.3, 0.4) is 0 Å². The maximum atomic E-state index is 6.33. The lowest BCUT2D eigenvalue weighted by molar-refractivity contribution is 0.996. The van der Waals surface area contributed by atoms with Crippen LogP contribution in [0, 0.1) is 0 Å². The van der Waals surface area contributed by atoms with Gasteiger partial charge in [-0.1, -0.05) is 35.9 Å². The van der Waals surface area contributed by atoms with Crippen LogP contribution in [-0.4, -0.2) is 10.2 Å². The summed E-state index contributed by atoms with van der Waals surface area (Å²) >= 11 is 8.13. The van der Waals surface area contributed by atoms with Crippen LogP contribution in [0.4, 0.5) is 0 Å². The van der Waals surface area contributed by atoms with Crippen molar-refractivity contribution >= 4 is 29.0 Å². The van der Waals surface area contributed by atoms with E-state index in [4.69, 9.17) is 11.6 Å². The standard InChI is InChI=1S/C17H13ClN2S/c18-14-7-3-2-6-12(14)13-10-19-20-17(13)16-9-11-5-1-4-8-15(11)21-16/h2-4,6-10H,1,5H2,(H,19,20). The number of aryl methyl sites for hydroxylation is 1. The van der Waals surface area contributed by atoms with Crippen molar-refractivity contribution in [2.24, 2.45) is 0 Å². The van der Waals surface area contributed by atoms with Gasteiger partial charge in [0, 0.05) is 21.0 Å². The summed E-state index contributed by atoms with van der Waals surface area (Å²) in [6.07, 6.45) is 8.57. The number of allylic oxidation sites excluding steroid dienone is 1. The van der Waals surface area contributed by atoms with Gasteiger partial charge in [-0.2, -0.15) is 5.10 Å². The molecule has 1 aliphatic carbocycles. The van der Waals surface area contributed by atoms with E-state index in [2.05, 4.69) is 28.4 Å². The monoisotopic (exact) mass is 312 g/mol. The molecule has 2 aromatic heterocycles. The molecule has 2 heterocycles. The first kappa shape index (κ1) is 12.9. The first-order chi connectivity index (χ1) is 10.3. The van der Waals surface area contributed by atoms with Crippen LogP contribution in [0.25, 0.3) is 27.8 Å². The number of nitrogens with one attached hydrogen (secondary N) is 1. The molecule has 2 nitrogen and oxygen atoms in total. The minimum Gasteiger partial charge on any atom is -0.276 e. The van der Waals surface area contributed by atoms with Crippen LogP contribution >= 0.6 is 22.9 Å². The average molecular weight is 313 g/mol. The molecule has 1 aromatic carbocycles. The fraction of sp³-hybridized carbons (Fsp3) is 0.118. The highest BCUT2D eigenvalue weighted by Crippen LogP contribution is 2.40. The molecule has 0 bridgehead atoms. The van der Waals surface area contributed by atoms with Crippen molar-refractivity contribution in [3.8, 4) is 21.7 Å². The van der Waals surface area contributed by atoms with Crippen molar-refractivity contribution in [2.75, 3.05) is 0 Å². The fourth-order valence-corrected chi connectivity index (χ4v) is 4.08. The van der Waals surface area contributed by atoms with Crippen molar-refractivity contribution in [1.29, 1.82) is 0 Å². The molecule has 0 radical (unpaired) electrons. The number of thiophene rings is 1. The molecule has 0 saturated carbocycles. The number of aromatic amines is 1. The van der Waals surface area contributed by atoms with Crippen LogP contribution in [0.5, 0.6) is 0 Å². The lowest BCUT2D eigenvalue weighted by Crippen LogP contribution is -1.86. The maximum absolute atomic E-state index is 6.33. The Balaban J connectivity index is 1.84. The zero-order chi connectivity index (χ0) is 14.2. The minimum atomic E-state index is 0.751. The van der Waals surface area contributed by atoms with Crippen molar-refractivity contribution in [3.05, 3.63) is 58.1 Å². The number of benzene rings is 1. The molecule has 0 atom stereocenters. The molecule has 1 aliphatic rings. The van der Waals surface area contributed by atoms with Gasteiger partial charge in [0.15, 0.2) is 0 Å². The van der Waals surface area contributed by atoms with Gasteiger partial charge in [-0.05, 0) is 36.6 Å². The summed E-state index contributed by atoms with van der Waals surface area (Å²) in [5.74, 6) is 0. The van der Waals surface area contributed by atoms with Crippen molar-refractivity contribution in [3.63, 3.8) is 0 Å². The van der Waals surface area contributed by atoms with E-state index in [-0.39, 0.29) is 0 Å². The van der Waals surface area contributed by atoms with Crippen molar-refractivity contribution < 1.29 is 0 Å². The molecule has 0 spiro atoms. The molecule has 0 unspecified atom stereocenters. The van der Waals surface area contributed by atoms with Crippen LogP contribution in [0.1, 0.15) is 16.9 Å². The average Bonchev–Trinajstić information content (AvgIpc) is 3.13. The smallest absolute Gasteiger partial charge is 0.0829 e. The van der Waals surface area contributed by atoms with Gasteiger partial charge in [0.2, 0.25) is 0 Å². The van der Waals surface area contributed by atoms with Crippen molar-refractivity contribution in [2.45, 2.75) is 12.8 Å². The zero-order valence-electron chi connectivity index (χ0n) is 11.3. The molecule has 0 aliphatic heterocycles. The van der Waals surface area contributed by atoms with Gasteiger partial charge >= 0.3 is 0 Å². The summed E-state index contributed by atoms with van der Waals surface area (Å²) in [4.78, 5) is 2.58. The van der Waals surface area contributed by atoms with Crippen LogP contribution in [-0.2, 0) is 6.42 Å². The van der Waals surface area contributed by atoms with Gasteiger partial charge < -0.3 is 0 Å². The third kappa shape index (κ3) is 2.23. The Morgan fingerprint density at radius 3 is 2.95 bits per heavy atom. The first-order valence-electron chi connectivity index (χ1n) is 6.91. The van der Waals surface area contributed by atoms with Gasteiger partial charge in [-0.3, -0.25) is 5.10 Å². The Bertz CT molecular complexity index is 829. The minimum absolute atomic E-state index is 0.751. The fourth-order valence-electron chi connectivity index (χ4n) is 2.69. The Morgan fingerprint density at radius 2 is 2.10 bits per heavy atom. The van der Waals surface area contributed by atoms with Gasteiger partial charge in [0.25, 0.3) is 0 Å². The Labute approximate surface area is 132 Å². The molecule has 0 saturated heterocycles. The maximum Gasteiger partial charge on any atom is 0.0829 e. The van der Waals surface area contributed by atoms with Crippen LogP contribution in [0.2, 0.25) is 5.02 Å². The topological polar surface area (TPSA) is 28.7 Å². The molecule has 0 amide bonds. The quantitative estimate of drug-likeness (QED) is 0.672. The summed E-state index contributed by atoms with van der Waals surface area (Å²) < 4.78 is 0. The second-order valence-electron chi connectivity index (χ2n) is 5.08. The summed E-state index contributed by atoms with van der Waals surface area (Å²) in [6.45, 7) is 0. The van der Waals surface area contributed by atoms with Crippen molar-refractivity contribution in [1.82, 2.24) is 10.2 Å². The summed E-state index contributed by atoms with van der Waals surface area (Å²) in [7, 11) is 0. The van der Waals surface area contributed by atoms with E-state index >= 15 is 0 Å². The molecular formula is C17H13ClN2S. The number of rotatable bonds is 2. The van der Waals surface area contributed by atoms with E-state index in [0.29, 0.717) is 0 Å². The second-order valence-corrected chi connectivity index (χ2v) is 6.57. The highest BCUT2D eigenvalue weighted by atomic mass is 35.5. The Morgan fingerprint density at radius 1 is 1.19 bits per heavy atom. The summed E-state index contributed by atoms with van der Waals surface area (Å²) in [6, 6.07) is 10.2. The molecule has 0 fully saturated rings. The largest absolute Gasteiger partial charge is 0.276 e. The Kier molecular flexibility index (Phi) is 3.17. The van der Waals surface area contributed by atoms with E-state index < -0.39 is 0 Å². The van der Waals surface area contributed by atoms with E-state index in [9.17, 15) is 0 Å². The second kappa shape index (κ2) is 5.17. The molecule has 3 aromatic rings. The molecule has 4 rings (SSSR count). The van der Waals surface area contributed by atoms with E-state index in [1.807, 2.05) is 30.5 Å². The molecule has 4 heteroatoms. The van der Waals surface area contributed by atoms with E-state index in [0.717, 1.165) is 34.7 Å². The number of halogens is 1. The van der Waals surface area contributed by atoms with Crippen LogP contribution < -0.4 is 0 Å². The summed E-state index contributed by atoms with van der Waals surface area (Å²) in [5.41, 5.74) is 4.56. The van der Waals surface area contributed by atoms with Gasteiger partial charge in [0.1, 0.15) is 0 Å². The van der Waals surface area contributed by atoms with Crippen LogP contribution in [0.15, 0.2) is 42.6 Å². The number of aromatic nitrogens is 2. The molecule has 104 valence electrons. The van der Waals surface area contributed by atoms with Gasteiger partial charge in [-0.25, -0.2) is 0 Å². The first-order valence-corrected chi connectivity index (χ1v) is 8.10.